The van der Waals surface area contributed by atoms with E-state index >= 15 is 0 Å². The van der Waals surface area contributed by atoms with Crippen molar-refractivity contribution in [3.8, 4) is 0 Å². The molecule has 0 spiro atoms. The molecule has 10 heavy (non-hydrogen) atoms. The van der Waals surface area contributed by atoms with Gasteiger partial charge in [0.05, 0.1) is 13.2 Å². The van der Waals surface area contributed by atoms with Gasteiger partial charge < -0.3 is 29.4 Å². The first kappa shape index (κ1) is 17.4. The number of aliphatic hydroxyl groups excluding tert-OH is 2. The molecule has 6 N–H and O–H groups in total. The van der Waals surface area contributed by atoms with Gasteiger partial charge in [-0.05, 0) is 0 Å². The van der Waals surface area contributed by atoms with Crippen LogP contribution in [0, 0.1) is 0 Å². The van der Waals surface area contributed by atoms with Crippen LogP contribution in [0.1, 0.15) is 0 Å². The second kappa shape index (κ2) is 10.2. The van der Waals surface area contributed by atoms with E-state index in [1.807, 2.05) is 0 Å². The van der Waals surface area contributed by atoms with Gasteiger partial charge in [0.15, 0.2) is 0 Å². The number of hydrogen-bond donors (Lipinski definition) is 6. The third-order valence-corrected chi connectivity index (χ3v) is 0.1000. The SMILES string of the molecule is OCCO.O[Si](O)(O)O.[CaH2]. The van der Waals surface area contributed by atoms with E-state index in [9.17, 15) is 0 Å². The van der Waals surface area contributed by atoms with Crippen molar-refractivity contribution in [1.29, 1.82) is 0 Å². The van der Waals surface area contributed by atoms with Gasteiger partial charge in [-0.15, -0.1) is 0 Å². The molecule has 62 valence electrons. The molecule has 0 amide bonds. The molecule has 0 saturated carbocycles. The Balaban J connectivity index is -0.0000000910. The van der Waals surface area contributed by atoms with Crippen molar-refractivity contribution >= 4 is 46.8 Å². The van der Waals surface area contributed by atoms with Crippen LogP contribution in [0.5, 0.6) is 0 Å². The Bertz CT molecular complexity index is 46.2. The summed E-state index contributed by atoms with van der Waals surface area (Å²) < 4.78 is 0. The molecule has 0 bridgehead atoms. The summed E-state index contributed by atoms with van der Waals surface area (Å²) >= 11 is 0. The van der Waals surface area contributed by atoms with Crippen molar-refractivity contribution < 1.29 is 29.4 Å². The molecule has 0 aromatic carbocycles. The van der Waals surface area contributed by atoms with E-state index in [1.54, 1.807) is 0 Å². The van der Waals surface area contributed by atoms with Gasteiger partial charge >= 0.3 is 46.8 Å². The molecule has 0 saturated heterocycles. The van der Waals surface area contributed by atoms with Crippen LogP contribution in [0.2, 0.25) is 0 Å². The first-order valence-corrected chi connectivity index (χ1v) is 3.82. The van der Waals surface area contributed by atoms with Crippen LogP contribution in [-0.4, -0.2) is 89.4 Å². The molecule has 0 atom stereocenters. The zero-order chi connectivity index (χ0) is 7.91. The Morgan fingerprint density at radius 2 is 0.900 bits per heavy atom. The van der Waals surface area contributed by atoms with Gasteiger partial charge in [-0.1, -0.05) is 0 Å². The Labute approximate surface area is 88.9 Å². The maximum atomic E-state index is 7.62. The summed E-state index contributed by atoms with van der Waals surface area (Å²) in [4.78, 5) is 29.3. The van der Waals surface area contributed by atoms with Gasteiger partial charge in [0.1, 0.15) is 0 Å². The van der Waals surface area contributed by atoms with Gasteiger partial charge in [0, 0.05) is 0 Å². The van der Waals surface area contributed by atoms with Crippen LogP contribution in [0.15, 0.2) is 0 Å². The fraction of sp³-hybridized carbons (Fsp3) is 1.00. The summed E-state index contributed by atoms with van der Waals surface area (Å²) in [6.45, 7) is -0.250. The summed E-state index contributed by atoms with van der Waals surface area (Å²) in [6, 6.07) is 0. The summed E-state index contributed by atoms with van der Waals surface area (Å²) in [5.74, 6) is 0. The van der Waals surface area contributed by atoms with E-state index < -0.39 is 9.05 Å². The van der Waals surface area contributed by atoms with E-state index in [0.717, 1.165) is 0 Å². The fourth-order valence-electron chi connectivity index (χ4n) is 0. The topological polar surface area (TPSA) is 121 Å². The monoisotopic (exact) mass is 200 g/mol. The van der Waals surface area contributed by atoms with Crippen LogP contribution in [0.3, 0.4) is 0 Å². The van der Waals surface area contributed by atoms with Crippen LogP contribution in [0.4, 0.5) is 0 Å². The number of rotatable bonds is 1. The second-order valence-corrected chi connectivity index (χ2v) is 2.25. The Kier molecular flexibility index (Phi) is 17.8. The van der Waals surface area contributed by atoms with Crippen molar-refractivity contribution in [3.63, 3.8) is 0 Å². The summed E-state index contributed by atoms with van der Waals surface area (Å²) in [5, 5.41) is 15.2. The normalized spacial score (nSPS) is 9.00. The van der Waals surface area contributed by atoms with Crippen LogP contribution < -0.4 is 0 Å². The Morgan fingerprint density at radius 3 is 0.900 bits per heavy atom. The third-order valence-electron chi connectivity index (χ3n) is 0.1000. The number of hydrogen-bond acceptors (Lipinski definition) is 6. The van der Waals surface area contributed by atoms with E-state index in [2.05, 4.69) is 0 Å². The quantitative estimate of drug-likeness (QED) is 0.237. The Hall–Kier alpha value is 1.24. The molecule has 0 unspecified atom stereocenters. The fourth-order valence-corrected chi connectivity index (χ4v) is 0. The molecule has 0 rings (SSSR count). The predicted octanol–water partition coefficient (Wildman–Crippen LogP) is -4.55. The van der Waals surface area contributed by atoms with Gasteiger partial charge in [-0.25, -0.2) is 0 Å². The Morgan fingerprint density at radius 1 is 0.800 bits per heavy atom. The molecule has 0 radical (unpaired) electrons. The molecule has 0 aliphatic rings. The van der Waals surface area contributed by atoms with Crippen molar-refractivity contribution in [3.05, 3.63) is 0 Å². The average molecular weight is 200 g/mol. The van der Waals surface area contributed by atoms with E-state index in [1.165, 1.54) is 0 Å². The predicted molar refractivity (Wildman–Crippen MR) is 37.3 cm³/mol. The number of aliphatic hydroxyl groups is 2. The molecular formula is C2H12CaO6Si. The second-order valence-electron chi connectivity index (χ2n) is 1.05. The van der Waals surface area contributed by atoms with Crippen LogP contribution in [0.25, 0.3) is 0 Å². The van der Waals surface area contributed by atoms with Crippen LogP contribution >= 0.6 is 0 Å². The minimum absolute atomic E-state index is 0. The summed E-state index contributed by atoms with van der Waals surface area (Å²) in [7, 11) is -4.61. The molecule has 0 fully saturated rings. The van der Waals surface area contributed by atoms with Gasteiger partial charge in [0.2, 0.25) is 0 Å². The van der Waals surface area contributed by atoms with Crippen molar-refractivity contribution in [2.24, 2.45) is 0 Å². The molecule has 0 heterocycles. The van der Waals surface area contributed by atoms with E-state index in [4.69, 9.17) is 29.4 Å². The molecule has 0 aromatic heterocycles. The maximum absolute atomic E-state index is 7.62. The van der Waals surface area contributed by atoms with Crippen LogP contribution in [-0.2, 0) is 0 Å². The molecule has 0 aromatic rings. The van der Waals surface area contributed by atoms with Crippen molar-refractivity contribution in [2.45, 2.75) is 0 Å². The van der Waals surface area contributed by atoms with Gasteiger partial charge in [-0.3, -0.25) is 0 Å². The van der Waals surface area contributed by atoms with Gasteiger partial charge in [-0.2, -0.15) is 0 Å². The molecule has 6 nitrogen and oxygen atoms in total. The van der Waals surface area contributed by atoms with Crippen molar-refractivity contribution in [2.75, 3.05) is 13.2 Å². The average Bonchev–Trinajstić information content (AvgIpc) is 1.61. The molecule has 8 heteroatoms. The summed E-state index contributed by atoms with van der Waals surface area (Å²) in [6.07, 6.45) is 0. The summed E-state index contributed by atoms with van der Waals surface area (Å²) in [5.41, 5.74) is 0. The first-order valence-electron chi connectivity index (χ1n) is 2.03. The zero-order valence-corrected chi connectivity index (χ0v) is 5.60. The van der Waals surface area contributed by atoms with Crippen molar-refractivity contribution in [1.82, 2.24) is 0 Å². The molecule has 0 aliphatic carbocycles. The zero-order valence-electron chi connectivity index (χ0n) is 4.60. The molecular weight excluding hydrogens is 188 g/mol. The third kappa shape index (κ3) is 125. The standard InChI is InChI=1S/C2H6O2.Ca.H4O4Si.2H/c3-1-2-4;;1-5(2,3)4;;/h3-4H,1-2H2;;1-4H;;. The van der Waals surface area contributed by atoms with Gasteiger partial charge in [0.25, 0.3) is 0 Å². The molecule has 0 aliphatic heterocycles. The minimum atomic E-state index is -4.61. The first-order chi connectivity index (χ1) is 3.91. The van der Waals surface area contributed by atoms with E-state index in [-0.39, 0.29) is 51.0 Å². The van der Waals surface area contributed by atoms with E-state index in [0.29, 0.717) is 0 Å².